The van der Waals surface area contributed by atoms with Crippen LogP contribution in [-0.2, 0) is 11.2 Å². The molecular weight excluding hydrogens is 224 g/mol. The van der Waals surface area contributed by atoms with E-state index in [0.717, 1.165) is 18.4 Å². The molecule has 0 saturated heterocycles. The van der Waals surface area contributed by atoms with Crippen molar-refractivity contribution in [3.63, 3.8) is 0 Å². The van der Waals surface area contributed by atoms with Gasteiger partial charge in [-0.3, -0.25) is 4.79 Å². The van der Waals surface area contributed by atoms with Gasteiger partial charge in [-0.05, 0) is 37.2 Å². The van der Waals surface area contributed by atoms with Crippen LogP contribution in [0.5, 0.6) is 0 Å². The van der Waals surface area contributed by atoms with Crippen LogP contribution in [0.4, 0.5) is 0 Å². The molecule has 0 heterocycles. The number of rotatable bonds is 4. The van der Waals surface area contributed by atoms with Crippen LogP contribution in [0.3, 0.4) is 0 Å². The van der Waals surface area contributed by atoms with Crippen LogP contribution in [0.25, 0.3) is 0 Å². The number of nitrogens with zero attached hydrogens (tertiary/aromatic N) is 1. The zero-order valence-corrected chi connectivity index (χ0v) is 10.9. The topological polar surface area (TPSA) is 41.5 Å². The highest BCUT2D eigenvalue weighted by Crippen LogP contribution is 2.24. The summed E-state index contributed by atoms with van der Waals surface area (Å²) < 4.78 is 0. The highest BCUT2D eigenvalue weighted by Gasteiger charge is 2.20. The molecule has 1 fully saturated rings. The lowest BCUT2D eigenvalue weighted by molar-refractivity contribution is -0.120. The summed E-state index contributed by atoms with van der Waals surface area (Å²) in [4.78, 5) is 11.7. The third-order valence-corrected chi connectivity index (χ3v) is 3.48. The smallest absolute Gasteiger partial charge is 0.244 e. The molecule has 1 atom stereocenters. The lowest BCUT2D eigenvalue weighted by Gasteiger charge is -2.07. The van der Waals surface area contributed by atoms with E-state index in [1.165, 1.54) is 18.6 Å². The predicted molar refractivity (Wildman–Crippen MR) is 73.4 cm³/mol. The molecule has 0 radical (unpaired) electrons. The van der Waals surface area contributed by atoms with Gasteiger partial charge in [0.05, 0.1) is 6.42 Å². The number of carbonyl (C=O) groups excluding carboxylic acids is 1. The standard InChI is InChI=1S/C15H20N2O/c1-2-13-9-6-10-14(13)16-17-15(18)11-12-7-4-3-5-8-12/h3-5,7-8,13H,2,6,9-11H2,1H3,(H,17,18)/b16-14+. The first-order valence-corrected chi connectivity index (χ1v) is 6.68. The second-order valence-corrected chi connectivity index (χ2v) is 4.80. The summed E-state index contributed by atoms with van der Waals surface area (Å²) in [5.41, 5.74) is 4.87. The Hall–Kier alpha value is -1.64. The van der Waals surface area contributed by atoms with E-state index in [1.54, 1.807) is 0 Å². The van der Waals surface area contributed by atoms with Crippen LogP contribution in [-0.4, -0.2) is 11.6 Å². The van der Waals surface area contributed by atoms with Gasteiger partial charge < -0.3 is 0 Å². The van der Waals surface area contributed by atoms with Gasteiger partial charge in [-0.1, -0.05) is 37.3 Å². The average molecular weight is 244 g/mol. The van der Waals surface area contributed by atoms with E-state index >= 15 is 0 Å². The molecule has 1 aliphatic rings. The Morgan fingerprint density at radius 2 is 2.17 bits per heavy atom. The van der Waals surface area contributed by atoms with Crippen LogP contribution in [0.1, 0.15) is 38.2 Å². The Morgan fingerprint density at radius 3 is 2.89 bits per heavy atom. The van der Waals surface area contributed by atoms with E-state index in [2.05, 4.69) is 17.5 Å². The van der Waals surface area contributed by atoms with Crippen molar-refractivity contribution >= 4 is 11.6 Å². The van der Waals surface area contributed by atoms with Crippen LogP contribution in [0, 0.1) is 5.92 Å². The number of benzene rings is 1. The molecule has 3 heteroatoms. The van der Waals surface area contributed by atoms with Gasteiger partial charge in [0, 0.05) is 5.71 Å². The first-order valence-electron chi connectivity index (χ1n) is 6.68. The zero-order valence-electron chi connectivity index (χ0n) is 10.9. The van der Waals surface area contributed by atoms with Gasteiger partial charge in [0.15, 0.2) is 0 Å². The Balaban J connectivity index is 1.87. The summed E-state index contributed by atoms with van der Waals surface area (Å²) in [5.74, 6) is 0.539. The van der Waals surface area contributed by atoms with Crippen molar-refractivity contribution in [3.05, 3.63) is 35.9 Å². The Kier molecular flexibility index (Phi) is 4.51. The molecule has 0 aromatic heterocycles. The minimum atomic E-state index is -0.0320. The van der Waals surface area contributed by atoms with Crippen LogP contribution >= 0.6 is 0 Å². The van der Waals surface area contributed by atoms with Crippen LogP contribution < -0.4 is 5.43 Å². The lowest BCUT2D eigenvalue weighted by Crippen LogP contribution is -2.22. The fraction of sp³-hybridized carbons (Fsp3) is 0.467. The van der Waals surface area contributed by atoms with E-state index in [9.17, 15) is 4.79 Å². The summed E-state index contributed by atoms with van der Waals surface area (Å²) >= 11 is 0. The van der Waals surface area contributed by atoms with Gasteiger partial charge in [-0.2, -0.15) is 5.10 Å². The van der Waals surface area contributed by atoms with Gasteiger partial charge in [-0.25, -0.2) is 5.43 Å². The maximum atomic E-state index is 11.7. The second kappa shape index (κ2) is 6.34. The van der Waals surface area contributed by atoms with Crippen molar-refractivity contribution in [2.75, 3.05) is 0 Å². The van der Waals surface area contributed by atoms with E-state index in [-0.39, 0.29) is 5.91 Å². The molecule has 1 amide bonds. The first-order chi connectivity index (χ1) is 8.79. The molecule has 1 aromatic rings. The average Bonchev–Trinajstić information content (AvgIpc) is 2.85. The fourth-order valence-electron chi connectivity index (χ4n) is 2.44. The van der Waals surface area contributed by atoms with Crippen molar-refractivity contribution in [3.8, 4) is 0 Å². The molecule has 1 aliphatic carbocycles. The zero-order chi connectivity index (χ0) is 12.8. The monoisotopic (exact) mass is 244 g/mol. The predicted octanol–water partition coefficient (Wildman–Crippen LogP) is 2.91. The van der Waals surface area contributed by atoms with Crippen molar-refractivity contribution in [2.45, 2.75) is 39.0 Å². The maximum absolute atomic E-state index is 11.7. The molecule has 18 heavy (non-hydrogen) atoms. The fourth-order valence-corrected chi connectivity index (χ4v) is 2.44. The summed E-state index contributed by atoms with van der Waals surface area (Å²) in [5, 5.41) is 4.29. The molecule has 2 rings (SSSR count). The molecule has 0 bridgehead atoms. The molecule has 1 aromatic carbocycles. The first kappa shape index (κ1) is 12.8. The van der Waals surface area contributed by atoms with E-state index < -0.39 is 0 Å². The molecule has 3 nitrogen and oxygen atoms in total. The second-order valence-electron chi connectivity index (χ2n) is 4.80. The molecule has 1 saturated carbocycles. The molecule has 0 aliphatic heterocycles. The summed E-state index contributed by atoms with van der Waals surface area (Å²) in [6, 6.07) is 9.75. The molecule has 0 spiro atoms. The van der Waals surface area contributed by atoms with Crippen LogP contribution in [0.15, 0.2) is 35.4 Å². The highest BCUT2D eigenvalue weighted by molar-refractivity contribution is 5.90. The number of carbonyl (C=O) groups is 1. The number of amides is 1. The third kappa shape index (κ3) is 3.42. The third-order valence-electron chi connectivity index (χ3n) is 3.48. The highest BCUT2D eigenvalue weighted by atomic mass is 16.2. The Bertz CT molecular complexity index is 425. The van der Waals surface area contributed by atoms with Gasteiger partial charge in [0.25, 0.3) is 0 Å². The van der Waals surface area contributed by atoms with Gasteiger partial charge in [0.2, 0.25) is 5.91 Å². The number of hydrogen-bond acceptors (Lipinski definition) is 2. The summed E-state index contributed by atoms with van der Waals surface area (Å²) in [6.45, 7) is 2.18. The molecular formula is C15H20N2O. The summed E-state index contributed by atoms with van der Waals surface area (Å²) in [6.07, 6.45) is 4.96. The largest absolute Gasteiger partial charge is 0.273 e. The molecule has 1 unspecified atom stereocenters. The molecule has 1 N–H and O–H groups in total. The Labute approximate surface area is 108 Å². The van der Waals surface area contributed by atoms with E-state index in [4.69, 9.17) is 0 Å². The van der Waals surface area contributed by atoms with Gasteiger partial charge in [0.1, 0.15) is 0 Å². The normalized spacial score (nSPS) is 21.2. The lowest BCUT2D eigenvalue weighted by atomic mass is 10.0. The molecule has 96 valence electrons. The quantitative estimate of drug-likeness (QED) is 0.813. The van der Waals surface area contributed by atoms with Crippen molar-refractivity contribution in [1.29, 1.82) is 0 Å². The van der Waals surface area contributed by atoms with Gasteiger partial charge >= 0.3 is 0 Å². The van der Waals surface area contributed by atoms with E-state index in [0.29, 0.717) is 12.3 Å². The van der Waals surface area contributed by atoms with Crippen LogP contribution in [0.2, 0.25) is 0 Å². The maximum Gasteiger partial charge on any atom is 0.244 e. The van der Waals surface area contributed by atoms with Gasteiger partial charge in [-0.15, -0.1) is 0 Å². The van der Waals surface area contributed by atoms with Crippen molar-refractivity contribution < 1.29 is 4.79 Å². The SMILES string of the molecule is CCC1CCC/C1=N\NC(=O)Cc1ccccc1. The number of hydrazone groups is 1. The van der Waals surface area contributed by atoms with Crippen molar-refractivity contribution in [1.82, 2.24) is 5.43 Å². The minimum Gasteiger partial charge on any atom is -0.273 e. The van der Waals surface area contributed by atoms with Crippen molar-refractivity contribution in [2.24, 2.45) is 11.0 Å². The summed E-state index contributed by atoms with van der Waals surface area (Å²) in [7, 11) is 0. The number of nitrogens with one attached hydrogen (secondary N) is 1. The number of hydrogen-bond donors (Lipinski definition) is 1. The minimum absolute atomic E-state index is 0.0320. The Morgan fingerprint density at radius 1 is 1.39 bits per heavy atom. The van der Waals surface area contributed by atoms with E-state index in [1.807, 2.05) is 30.3 Å².